The third-order valence-electron chi connectivity index (χ3n) is 4.15. The molecule has 3 heterocycles. The maximum Gasteiger partial charge on any atom is 0.153 e. The molecule has 1 aliphatic heterocycles. The Hall–Kier alpha value is -2.76. The van der Waals surface area contributed by atoms with E-state index in [1.54, 1.807) is 17.4 Å². The predicted molar refractivity (Wildman–Crippen MR) is 95.7 cm³/mol. The average Bonchev–Trinajstić information content (AvgIpc) is 3.02. The lowest BCUT2D eigenvalue weighted by Gasteiger charge is -2.18. The van der Waals surface area contributed by atoms with Crippen molar-refractivity contribution in [3.05, 3.63) is 47.9 Å². The molecule has 0 atom stereocenters. The Morgan fingerprint density at radius 1 is 1.29 bits per heavy atom. The van der Waals surface area contributed by atoms with Crippen LogP contribution in [0.3, 0.4) is 0 Å². The zero-order chi connectivity index (χ0) is 17.1. The first-order valence-electron chi connectivity index (χ1n) is 7.98. The monoisotopic (exact) mass is 323 g/mol. The van der Waals surface area contributed by atoms with Gasteiger partial charge >= 0.3 is 0 Å². The van der Waals surface area contributed by atoms with Gasteiger partial charge in [-0.05, 0) is 38.1 Å². The van der Waals surface area contributed by atoms with Crippen molar-refractivity contribution >= 4 is 23.0 Å². The molecule has 1 saturated heterocycles. The molecule has 124 valence electrons. The highest BCUT2D eigenvalue weighted by Crippen LogP contribution is 2.20. The van der Waals surface area contributed by atoms with Crippen LogP contribution in [0.25, 0.3) is 0 Å². The average molecular weight is 323 g/mol. The normalized spacial score (nSPS) is 15.0. The summed E-state index contributed by atoms with van der Waals surface area (Å²) >= 11 is 0. The third kappa shape index (κ3) is 3.42. The minimum atomic E-state index is 0.269. The van der Waals surface area contributed by atoms with E-state index in [2.05, 4.69) is 15.1 Å². The third-order valence-corrected chi connectivity index (χ3v) is 4.15. The molecule has 0 bridgehead atoms. The zero-order valence-corrected chi connectivity index (χ0v) is 14.2. The Kier molecular flexibility index (Phi) is 4.55. The second-order valence-corrected chi connectivity index (χ2v) is 5.93. The Bertz CT molecular complexity index is 769. The number of nitrogens with zero attached hydrogens (tertiary/aromatic N) is 5. The van der Waals surface area contributed by atoms with Crippen molar-refractivity contribution in [2.24, 2.45) is 5.10 Å². The van der Waals surface area contributed by atoms with Gasteiger partial charge in [0.1, 0.15) is 5.82 Å². The Morgan fingerprint density at radius 3 is 2.75 bits per heavy atom. The van der Waals surface area contributed by atoms with Crippen molar-refractivity contribution in [1.29, 1.82) is 0 Å². The fourth-order valence-electron chi connectivity index (χ4n) is 2.79. The van der Waals surface area contributed by atoms with Gasteiger partial charge in [-0.2, -0.15) is 5.10 Å². The number of hydrazone groups is 1. The molecule has 2 aromatic heterocycles. The molecule has 0 spiro atoms. The SMILES string of the molecule is C/C(=N\N(C)c1ccc(N2CCC(=O)C2)nc1)c1cccnc1C. The molecule has 0 N–H and O–H groups in total. The molecule has 2 aromatic rings. The maximum atomic E-state index is 11.4. The predicted octanol–water partition coefficient (Wildman–Crippen LogP) is 2.42. The highest BCUT2D eigenvalue weighted by Gasteiger charge is 2.20. The lowest BCUT2D eigenvalue weighted by molar-refractivity contribution is -0.116. The molecule has 6 nitrogen and oxygen atoms in total. The van der Waals surface area contributed by atoms with Gasteiger partial charge in [-0.1, -0.05) is 0 Å². The van der Waals surface area contributed by atoms with Gasteiger partial charge in [0.05, 0.1) is 24.1 Å². The van der Waals surface area contributed by atoms with Gasteiger partial charge in [0, 0.05) is 37.5 Å². The van der Waals surface area contributed by atoms with Gasteiger partial charge in [-0.15, -0.1) is 0 Å². The van der Waals surface area contributed by atoms with Crippen LogP contribution >= 0.6 is 0 Å². The van der Waals surface area contributed by atoms with E-state index in [0.29, 0.717) is 13.0 Å². The number of hydrogen-bond donors (Lipinski definition) is 0. The van der Waals surface area contributed by atoms with Crippen molar-refractivity contribution in [3.8, 4) is 0 Å². The highest BCUT2D eigenvalue weighted by molar-refractivity contribution is 6.00. The number of Topliss-reactive ketones (excluding diaryl/α,β-unsaturated/α-hetero) is 1. The summed E-state index contributed by atoms with van der Waals surface area (Å²) in [5.41, 5.74) is 3.78. The van der Waals surface area contributed by atoms with Crippen LogP contribution in [0.5, 0.6) is 0 Å². The first-order chi connectivity index (χ1) is 11.5. The summed E-state index contributed by atoms with van der Waals surface area (Å²) in [6.45, 7) is 5.15. The number of carbonyl (C=O) groups is 1. The summed E-state index contributed by atoms with van der Waals surface area (Å²) in [6, 6.07) is 7.83. The number of aryl methyl sites for hydroxylation is 1. The van der Waals surface area contributed by atoms with Crippen molar-refractivity contribution in [3.63, 3.8) is 0 Å². The highest BCUT2D eigenvalue weighted by atomic mass is 16.1. The van der Waals surface area contributed by atoms with Gasteiger partial charge in [0.2, 0.25) is 0 Å². The molecule has 0 unspecified atom stereocenters. The quantitative estimate of drug-likeness (QED) is 0.639. The van der Waals surface area contributed by atoms with Crippen LogP contribution in [-0.2, 0) is 4.79 Å². The second-order valence-electron chi connectivity index (χ2n) is 5.93. The molecule has 0 aromatic carbocycles. The summed E-state index contributed by atoms with van der Waals surface area (Å²) in [5, 5.41) is 6.42. The first-order valence-corrected chi connectivity index (χ1v) is 7.98. The van der Waals surface area contributed by atoms with E-state index in [4.69, 9.17) is 0 Å². The summed E-state index contributed by atoms with van der Waals surface area (Å²) in [7, 11) is 1.89. The smallest absolute Gasteiger partial charge is 0.153 e. The van der Waals surface area contributed by atoms with E-state index in [9.17, 15) is 4.79 Å². The van der Waals surface area contributed by atoms with Crippen LogP contribution in [0.1, 0.15) is 24.6 Å². The maximum absolute atomic E-state index is 11.4. The fourth-order valence-corrected chi connectivity index (χ4v) is 2.79. The van der Waals surface area contributed by atoms with Crippen LogP contribution in [0.15, 0.2) is 41.8 Å². The summed E-state index contributed by atoms with van der Waals surface area (Å²) in [5.74, 6) is 1.10. The van der Waals surface area contributed by atoms with Crippen molar-refractivity contribution in [2.75, 3.05) is 30.0 Å². The van der Waals surface area contributed by atoms with Crippen molar-refractivity contribution in [1.82, 2.24) is 9.97 Å². The molecule has 3 rings (SSSR count). The molecule has 0 saturated carbocycles. The largest absolute Gasteiger partial charge is 0.349 e. The molecular formula is C18H21N5O. The number of aromatic nitrogens is 2. The van der Waals surface area contributed by atoms with E-state index in [1.165, 1.54) is 0 Å². The lowest BCUT2D eigenvalue weighted by Crippen LogP contribution is -2.21. The van der Waals surface area contributed by atoms with E-state index < -0.39 is 0 Å². The number of ketones is 1. The standard InChI is InChI=1S/C18H21N5O/c1-13-17(5-4-9-19-13)14(2)21-22(3)15-6-7-18(20-11-15)23-10-8-16(24)12-23/h4-7,9,11H,8,10,12H2,1-3H3/b21-14+. The topological polar surface area (TPSA) is 61.7 Å². The summed E-state index contributed by atoms with van der Waals surface area (Å²) in [6.07, 6.45) is 4.17. The van der Waals surface area contributed by atoms with Gasteiger partial charge in [-0.25, -0.2) is 4.98 Å². The molecule has 0 amide bonds. The number of anilines is 2. The molecule has 0 aliphatic carbocycles. The number of carbonyl (C=O) groups excluding carboxylic acids is 1. The van der Waals surface area contributed by atoms with E-state index in [0.717, 1.165) is 35.0 Å². The van der Waals surface area contributed by atoms with Gasteiger partial charge < -0.3 is 4.90 Å². The molecular weight excluding hydrogens is 302 g/mol. The van der Waals surface area contributed by atoms with Gasteiger partial charge in [0.15, 0.2) is 5.78 Å². The van der Waals surface area contributed by atoms with E-state index in [-0.39, 0.29) is 5.78 Å². The van der Waals surface area contributed by atoms with Crippen LogP contribution in [0, 0.1) is 6.92 Å². The molecule has 1 aliphatic rings. The van der Waals surface area contributed by atoms with Crippen LogP contribution in [0.2, 0.25) is 0 Å². The molecule has 0 radical (unpaired) electrons. The van der Waals surface area contributed by atoms with E-state index in [1.807, 2.05) is 50.1 Å². The van der Waals surface area contributed by atoms with Gasteiger partial charge in [0.25, 0.3) is 0 Å². The fraction of sp³-hybridized carbons (Fsp3) is 0.333. The number of rotatable bonds is 4. The van der Waals surface area contributed by atoms with Crippen molar-refractivity contribution in [2.45, 2.75) is 20.3 Å². The lowest BCUT2D eigenvalue weighted by atomic mass is 10.1. The number of pyridine rings is 2. The Balaban J connectivity index is 1.75. The van der Waals surface area contributed by atoms with E-state index >= 15 is 0 Å². The van der Waals surface area contributed by atoms with Crippen molar-refractivity contribution < 1.29 is 4.79 Å². The van der Waals surface area contributed by atoms with Crippen LogP contribution in [-0.4, -0.2) is 41.6 Å². The number of hydrogen-bond acceptors (Lipinski definition) is 6. The van der Waals surface area contributed by atoms with Crippen LogP contribution < -0.4 is 9.91 Å². The Labute approximate surface area is 141 Å². The second kappa shape index (κ2) is 6.78. The summed E-state index contributed by atoms with van der Waals surface area (Å²) in [4.78, 5) is 22.1. The Morgan fingerprint density at radius 2 is 2.12 bits per heavy atom. The molecule has 1 fully saturated rings. The zero-order valence-electron chi connectivity index (χ0n) is 14.2. The minimum Gasteiger partial charge on any atom is -0.349 e. The van der Waals surface area contributed by atoms with Crippen LogP contribution in [0.4, 0.5) is 11.5 Å². The minimum absolute atomic E-state index is 0.269. The molecule has 6 heteroatoms. The van der Waals surface area contributed by atoms with Gasteiger partial charge in [-0.3, -0.25) is 14.8 Å². The first kappa shape index (κ1) is 16.1. The molecule has 24 heavy (non-hydrogen) atoms. The summed E-state index contributed by atoms with van der Waals surface area (Å²) < 4.78 is 0.